The van der Waals surface area contributed by atoms with E-state index in [-0.39, 0.29) is 6.04 Å². The molecule has 20 heavy (non-hydrogen) atoms. The van der Waals surface area contributed by atoms with Gasteiger partial charge >= 0.3 is 0 Å². The van der Waals surface area contributed by atoms with Crippen LogP contribution >= 0.6 is 11.3 Å². The summed E-state index contributed by atoms with van der Waals surface area (Å²) in [6.07, 6.45) is 1.74. The molecular formula is C15H21N3OS. The van der Waals surface area contributed by atoms with E-state index in [0.717, 1.165) is 34.9 Å². The van der Waals surface area contributed by atoms with Gasteiger partial charge in [-0.15, -0.1) is 11.3 Å². The van der Waals surface area contributed by atoms with Crippen molar-refractivity contribution >= 4 is 11.3 Å². The second-order valence-electron chi connectivity index (χ2n) is 4.67. The van der Waals surface area contributed by atoms with Gasteiger partial charge in [-0.25, -0.2) is 4.98 Å². The smallest absolute Gasteiger partial charge is 0.124 e. The summed E-state index contributed by atoms with van der Waals surface area (Å²) >= 11 is 1.66. The third kappa shape index (κ3) is 3.79. The summed E-state index contributed by atoms with van der Waals surface area (Å²) in [7, 11) is 0. The fourth-order valence-electron chi connectivity index (χ4n) is 2.08. The van der Waals surface area contributed by atoms with Crippen LogP contribution in [0.25, 0.3) is 0 Å². The molecule has 0 amide bonds. The monoisotopic (exact) mass is 291 g/mol. The van der Waals surface area contributed by atoms with Crippen molar-refractivity contribution in [1.29, 1.82) is 0 Å². The molecule has 3 N–H and O–H groups in total. The van der Waals surface area contributed by atoms with Crippen molar-refractivity contribution in [1.82, 2.24) is 10.4 Å². The van der Waals surface area contributed by atoms with Gasteiger partial charge in [0, 0.05) is 17.4 Å². The maximum atomic E-state index is 5.80. The minimum absolute atomic E-state index is 0.00422. The number of benzene rings is 1. The van der Waals surface area contributed by atoms with Gasteiger partial charge in [-0.05, 0) is 19.4 Å². The van der Waals surface area contributed by atoms with E-state index in [9.17, 15) is 0 Å². The number of hydrogen-bond donors (Lipinski definition) is 2. The minimum atomic E-state index is 0.00422. The SMILES string of the molecule is CCCOc1ccccc1C(Cc1csc(C)n1)NN. The number of para-hydroxylation sites is 1. The first-order valence-electron chi connectivity index (χ1n) is 6.83. The molecule has 1 atom stereocenters. The van der Waals surface area contributed by atoms with Crippen molar-refractivity contribution in [2.45, 2.75) is 32.7 Å². The molecule has 0 radical (unpaired) electrons. The molecule has 0 saturated heterocycles. The number of rotatable bonds is 7. The lowest BCUT2D eigenvalue weighted by molar-refractivity contribution is 0.310. The molecule has 108 valence electrons. The van der Waals surface area contributed by atoms with Crippen LogP contribution in [0.1, 0.15) is 35.7 Å². The number of nitrogens with two attached hydrogens (primary N) is 1. The highest BCUT2D eigenvalue weighted by Gasteiger charge is 2.16. The average molecular weight is 291 g/mol. The summed E-state index contributed by atoms with van der Waals surface area (Å²) in [4.78, 5) is 4.50. The lowest BCUT2D eigenvalue weighted by Gasteiger charge is -2.19. The topological polar surface area (TPSA) is 60.2 Å². The van der Waals surface area contributed by atoms with Crippen molar-refractivity contribution in [3.8, 4) is 5.75 Å². The number of aromatic nitrogens is 1. The lowest BCUT2D eigenvalue weighted by atomic mass is 10.0. The number of hydrogen-bond acceptors (Lipinski definition) is 5. The summed E-state index contributed by atoms with van der Waals surface area (Å²) in [6, 6.07) is 8.03. The van der Waals surface area contributed by atoms with E-state index in [4.69, 9.17) is 10.6 Å². The average Bonchev–Trinajstić information content (AvgIpc) is 2.88. The van der Waals surface area contributed by atoms with E-state index >= 15 is 0 Å². The van der Waals surface area contributed by atoms with Crippen LogP contribution < -0.4 is 16.0 Å². The molecule has 0 aliphatic heterocycles. The molecule has 2 aromatic rings. The Balaban J connectivity index is 2.18. The van der Waals surface area contributed by atoms with Crippen LogP contribution in [0.3, 0.4) is 0 Å². The van der Waals surface area contributed by atoms with Crippen molar-refractivity contribution in [2.24, 2.45) is 5.84 Å². The molecule has 1 aromatic heterocycles. The van der Waals surface area contributed by atoms with E-state index in [1.807, 2.05) is 25.1 Å². The first kappa shape index (κ1) is 15.0. The number of thiazole rings is 1. The van der Waals surface area contributed by atoms with Crippen LogP contribution in [0.2, 0.25) is 0 Å². The highest BCUT2D eigenvalue weighted by Crippen LogP contribution is 2.27. The summed E-state index contributed by atoms with van der Waals surface area (Å²) in [6.45, 7) is 4.82. The molecular weight excluding hydrogens is 270 g/mol. The van der Waals surface area contributed by atoms with Gasteiger partial charge < -0.3 is 4.74 Å². The maximum Gasteiger partial charge on any atom is 0.124 e. The van der Waals surface area contributed by atoms with E-state index in [0.29, 0.717) is 6.61 Å². The number of nitrogens with one attached hydrogen (secondary N) is 1. The van der Waals surface area contributed by atoms with Crippen molar-refractivity contribution < 1.29 is 4.74 Å². The van der Waals surface area contributed by atoms with Crippen LogP contribution in [0.4, 0.5) is 0 Å². The molecule has 0 aliphatic rings. The predicted molar refractivity (Wildman–Crippen MR) is 82.8 cm³/mol. The van der Waals surface area contributed by atoms with Crippen LogP contribution in [0, 0.1) is 6.92 Å². The molecule has 0 saturated carbocycles. The van der Waals surface area contributed by atoms with Crippen molar-refractivity contribution in [3.05, 3.63) is 45.9 Å². The molecule has 1 unspecified atom stereocenters. The van der Waals surface area contributed by atoms with Crippen LogP contribution in [-0.4, -0.2) is 11.6 Å². The second kappa shape index (κ2) is 7.38. The van der Waals surface area contributed by atoms with Crippen LogP contribution in [0.5, 0.6) is 5.75 Å². The summed E-state index contributed by atoms with van der Waals surface area (Å²) in [5.41, 5.74) is 5.01. The predicted octanol–water partition coefficient (Wildman–Crippen LogP) is 2.99. The number of nitrogens with zero attached hydrogens (tertiary/aromatic N) is 1. The zero-order valence-electron chi connectivity index (χ0n) is 11.9. The normalized spacial score (nSPS) is 12.3. The Kier molecular flexibility index (Phi) is 5.52. The van der Waals surface area contributed by atoms with Gasteiger partial charge in [0.15, 0.2) is 0 Å². The third-order valence-electron chi connectivity index (χ3n) is 3.04. The fraction of sp³-hybridized carbons (Fsp3) is 0.400. The Morgan fingerprint density at radius 2 is 2.20 bits per heavy atom. The molecule has 1 heterocycles. The zero-order valence-corrected chi connectivity index (χ0v) is 12.7. The lowest BCUT2D eigenvalue weighted by Crippen LogP contribution is -2.30. The molecule has 2 rings (SSSR count). The Morgan fingerprint density at radius 1 is 1.40 bits per heavy atom. The van der Waals surface area contributed by atoms with Crippen LogP contribution in [-0.2, 0) is 6.42 Å². The highest BCUT2D eigenvalue weighted by molar-refractivity contribution is 7.09. The largest absolute Gasteiger partial charge is 0.493 e. The fourth-order valence-corrected chi connectivity index (χ4v) is 2.71. The van der Waals surface area contributed by atoms with E-state index in [1.54, 1.807) is 11.3 Å². The number of ether oxygens (including phenoxy) is 1. The Hall–Kier alpha value is -1.43. The van der Waals surface area contributed by atoms with Crippen molar-refractivity contribution in [3.63, 3.8) is 0 Å². The Labute approximate surface area is 124 Å². The molecule has 0 fully saturated rings. The molecule has 0 spiro atoms. The summed E-state index contributed by atoms with van der Waals surface area (Å²) in [5, 5.41) is 3.15. The highest BCUT2D eigenvalue weighted by atomic mass is 32.1. The molecule has 0 aliphatic carbocycles. The Bertz CT molecular complexity index is 541. The van der Waals surface area contributed by atoms with Gasteiger partial charge in [-0.3, -0.25) is 11.3 Å². The molecule has 0 bridgehead atoms. The zero-order chi connectivity index (χ0) is 14.4. The standard InChI is InChI=1S/C15H21N3OS/c1-3-8-19-15-7-5-4-6-13(15)14(18-16)9-12-10-20-11(2)17-12/h4-7,10,14,18H,3,8-9,16H2,1-2H3. The Morgan fingerprint density at radius 3 is 2.85 bits per heavy atom. The van der Waals surface area contributed by atoms with Gasteiger partial charge in [0.25, 0.3) is 0 Å². The molecule has 5 heteroatoms. The first-order chi connectivity index (χ1) is 9.74. The third-order valence-corrected chi connectivity index (χ3v) is 3.86. The number of hydrazine groups is 1. The van der Waals surface area contributed by atoms with E-state index in [2.05, 4.69) is 28.8 Å². The van der Waals surface area contributed by atoms with Gasteiger partial charge in [0.1, 0.15) is 5.75 Å². The van der Waals surface area contributed by atoms with Gasteiger partial charge in [-0.1, -0.05) is 25.1 Å². The molecule has 4 nitrogen and oxygen atoms in total. The van der Waals surface area contributed by atoms with E-state index in [1.165, 1.54) is 0 Å². The quantitative estimate of drug-likeness (QED) is 0.608. The van der Waals surface area contributed by atoms with E-state index < -0.39 is 0 Å². The first-order valence-corrected chi connectivity index (χ1v) is 7.71. The van der Waals surface area contributed by atoms with Gasteiger partial charge in [0.2, 0.25) is 0 Å². The van der Waals surface area contributed by atoms with Gasteiger partial charge in [-0.2, -0.15) is 0 Å². The maximum absolute atomic E-state index is 5.80. The second-order valence-corrected chi connectivity index (χ2v) is 5.73. The van der Waals surface area contributed by atoms with Crippen molar-refractivity contribution in [2.75, 3.05) is 6.61 Å². The summed E-state index contributed by atoms with van der Waals surface area (Å²) in [5.74, 6) is 6.62. The van der Waals surface area contributed by atoms with Gasteiger partial charge in [0.05, 0.1) is 23.4 Å². The minimum Gasteiger partial charge on any atom is -0.493 e. The van der Waals surface area contributed by atoms with Crippen LogP contribution in [0.15, 0.2) is 29.6 Å². The molecule has 1 aromatic carbocycles. The number of aryl methyl sites for hydroxylation is 1. The summed E-state index contributed by atoms with van der Waals surface area (Å²) < 4.78 is 5.80.